The van der Waals surface area contributed by atoms with E-state index in [-0.39, 0.29) is 16.7 Å². The van der Waals surface area contributed by atoms with Crippen LogP contribution in [0.2, 0.25) is 0 Å². The molecule has 2 aromatic carbocycles. The van der Waals surface area contributed by atoms with Gasteiger partial charge >= 0.3 is 0 Å². The van der Waals surface area contributed by atoms with E-state index in [1.807, 2.05) is 37.4 Å². The third-order valence-corrected chi connectivity index (χ3v) is 6.51. The lowest BCUT2D eigenvalue weighted by atomic mass is 10.1. The number of hydrogen-bond donors (Lipinski definition) is 0. The Balaban J connectivity index is 1.97. The minimum atomic E-state index is -3.63. The van der Waals surface area contributed by atoms with Gasteiger partial charge in [0, 0.05) is 25.2 Å². The predicted octanol–water partition coefficient (Wildman–Crippen LogP) is 2.57. The number of hydrogen-bond acceptors (Lipinski definition) is 4. The van der Waals surface area contributed by atoms with Gasteiger partial charge < -0.3 is 4.90 Å². The lowest BCUT2D eigenvalue weighted by molar-refractivity contribution is 0.101. The topological polar surface area (TPSA) is 57.7 Å². The lowest BCUT2D eigenvalue weighted by Crippen LogP contribution is -2.49. The van der Waals surface area contributed by atoms with E-state index in [0.717, 1.165) is 5.56 Å². The minimum Gasteiger partial charge on any atom is -0.303 e. The van der Waals surface area contributed by atoms with Crippen LogP contribution in [0.1, 0.15) is 28.9 Å². The highest BCUT2D eigenvalue weighted by Gasteiger charge is 2.36. The predicted molar refractivity (Wildman–Crippen MR) is 97.0 cm³/mol. The molecule has 132 valence electrons. The molecule has 0 aliphatic carbocycles. The molecule has 1 fully saturated rings. The van der Waals surface area contributed by atoms with Crippen molar-refractivity contribution in [2.45, 2.75) is 17.9 Å². The molecular weight excluding hydrogens is 336 g/mol. The van der Waals surface area contributed by atoms with Crippen LogP contribution in [0.4, 0.5) is 0 Å². The van der Waals surface area contributed by atoms with E-state index in [9.17, 15) is 13.2 Å². The normalized spacial score (nSPS) is 19.7. The summed E-state index contributed by atoms with van der Waals surface area (Å²) in [5.74, 6) is -0.0780. The molecule has 1 aliphatic heterocycles. The molecule has 0 bridgehead atoms. The van der Waals surface area contributed by atoms with Gasteiger partial charge in [-0.15, -0.1) is 0 Å². The Morgan fingerprint density at radius 3 is 2.24 bits per heavy atom. The summed E-state index contributed by atoms with van der Waals surface area (Å²) in [6.45, 7) is 3.24. The smallest absolute Gasteiger partial charge is 0.243 e. The van der Waals surface area contributed by atoms with Crippen LogP contribution < -0.4 is 0 Å². The summed E-state index contributed by atoms with van der Waals surface area (Å²) in [4.78, 5) is 13.8. The molecule has 1 saturated heterocycles. The van der Waals surface area contributed by atoms with Gasteiger partial charge in [0.25, 0.3) is 0 Å². The summed E-state index contributed by atoms with van der Waals surface area (Å²) in [6, 6.07) is 15.7. The third-order valence-electron chi connectivity index (χ3n) is 4.59. The summed E-state index contributed by atoms with van der Waals surface area (Å²) < 4.78 is 27.9. The largest absolute Gasteiger partial charge is 0.303 e. The van der Waals surface area contributed by atoms with Crippen molar-refractivity contribution in [1.82, 2.24) is 9.21 Å². The number of rotatable bonds is 4. The Morgan fingerprint density at radius 2 is 1.64 bits per heavy atom. The van der Waals surface area contributed by atoms with Gasteiger partial charge in [-0.1, -0.05) is 42.5 Å². The number of Topliss-reactive ketones (excluding diaryl/α,β-unsaturated/α-hetero) is 1. The second kappa shape index (κ2) is 7.07. The summed E-state index contributed by atoms with van der Waals surface area (Å²) in [6.07, 6.45) is 0. The molecule has 0 aromatic heterocycles. The second-order valence-corrected chi connectivity index (χ2v) is 8.28. The first-order valence-electron chi connectivity index (χ1n) is 8.26. The minimum absolute atomic E-state index is 0.0780. The van der Waals surface area contributed by atoms with Crippen molar-refractivity contribution in [3.05, 3.63) is 65.7 Å². The zero-order chi connectivity index (χ0) is 18.0. The van der Waals surface area contributed by atoms with Gasteiger partial charge in [0.05, 0.1) is 10.9 Å². The van der Waals surface area contributed by atoms with Gasteiger partial charge in [-0.3, -0.25) is 4.79 Å². The van der Waals surface area contributed by atoms with Crippen LogP contribution in [-0.4, -0.2) is 50.1 Å². The molecule has 5 nitrogen and oxygen atoms in total. The molecule has 0 spiro atoms. The molecule has 0 amide bonds. The first-order valence-corrected chi connectivity index (χ1v) is 9.70. The number of carbonyl (C=O) groups is 1. The fraction of sp³-hybridized carbons (Fsp3) is 0.316. The van der Waals surface area contributed by atoms with Crippen LogP contribution in [0.5, 0.6) is 0 Å². The Labute approximate surface area is 148 Å². The molecule has 25 heavy (non-hydrogen) atoms. The number of benzene rings is 2. The fourth-order valence-corrected chi connectivity index (χ4v) is 4.73. The van der Waals surface area contributed by atoms with E-state index >= 15 is 0 Å². The lowest BCUT2D eigenvalue weighted by Gasteiger charge is -2.39. The molecule has 2 aromatic rings. The van der Waals surface area contributed by atoms with E-state index in [4.69, 9.17) is 0 Å². The quantitative estimate of drug-likeness (QED) is 0.788. The maximum atomic E-state index is 13.2. The molecule has 6 heteroatoms. The van der Waals surface area contributed by atoms with Crippen LogP contribution in [0.25, 0.3) is 0 Å². The molecule has 0 radical (unpaired) electrons. The second-order valence-electron chi connectivity index (χ2n) is 6.39. The molecular formula is C19H22N2O3S. The average molecular weight is 358 g/mol. The maximum absolute atomic E-state index is 13.2. The first kappa shape index (κ1) is 17.8. The number of ketones is 1. The van der Waals surface area contributed by atoms with Crippen LogP contribution in [-0.2, 0) is 10.0 Å². The van der Waals surface area contributed by atoms with Gasteiger partial charge in [0.15, 0.2) is 5.78 Å². The number of likely N-dealkylation sites (N-methyl/N-ethyl adjacent to an activating group) is 1. The molecule has 1 heterocycles. The van der Waals surface area contributed by atoms with Crippen molar-refractivity contribution < 1.29 is 13.2 Å². The van der Waals surface area contributed by atoms with E-state index in [0.29, 0.717) is 25.2 Å². The van der Waals surface area contributed by atoms with Crippen LogP contribution in [0.3, 0.4) is 0 Å². The Morgan fingerprint density at radius 1 is 1.00 bits per heavy atom. The van der Waals surface area contributed by atoms with Crippen molar-refractivity contribution in [1.29, 1.82) is 0 Å². The van der Waals surface area contributed by atoms with E-state index in [2.05, 4.69) is 4.90 Å². The highest BCUT2D eigenvalue weighted by Crippen LogP contribution is 2.30. The van der Waals surface area contributed by atoms with Crippen molar-refractivity contribution in [2.24, 2.45) is 0 Å². The Kier molecular flexibility index (Phi) is 5.03. The van der Waals surface area contributed by atoms with E-state index in [1.54, 1.807) is 16.4 Å². The fourth-order valence-electron chi connectivity index (χ4n) is 3.13. The Hall–Kier alpha value is -2.02. The van der Waals surface area contributed by atoms with Crippen molar-refractivity contribution >= 4 is 15.8 Å². The maximum Gasteiger partial charge on any atom is 0.243 e. The van der Waals surface area contributed by atoms with Crippen molar-refractivity contribution in [3.63, 3.8) is 0 Å². The van der Waals surface area contributed by atoms with Crippen LogP contribution >= 0.6 is 0 Å². The number of sulfonamides is 1. The standard InChI is InChI=1S/C19H22N2O3S/c1-15(22)16-8-10-18(11-9-16)25(23,24)21-13-12-20(2)14-19(21)17-6-4-3-5-7-17/h3-11,19H,12-14H2,1-2H3. The monoisotopic (exact) mass is 358 g/mol. The van der Waals surface area contributed by atoms with Gasteiger partial charge in [0.2, 0.25) is 10.0 Å². The molecule has 0 saturated carbocycles. The highest BCUT2D eigenvalue weighted by atomic mass is 32.2. The summed E-state index contributed by atoms with van der Waals surface area (Å²) in [5.41, 5.74) is 1.50. The van der Waals surface area contributed by atoms with E-state index < -0.39 is 10.0 Å². The van der Waals surface area contributed by atoms with Crippen LogP contribution in [0, 0.1) is 0 Å². The van der Waals surface area contributed by atoms with Gasteiger partial charge in [-0.05, 0) is 31.7 Å². The highest BCUT2D eigenvalue weighted by molar-refractivity contribution is 7.89. The number of piperazine rings is 1. The zero-order valence-corrected chi connectivity index (χ0v) is 15.2. The summed E-state index contributed by atoms with van der Waals surface area (Å²) in [5, 5.41) is 0. The zero-order valence-electron chi connectivity index (χ0n) is 14.4. The van der Waals surface area contributed by atoms with Crippen LogP contribution in [0.15, 0.2) is 59.5 Å². The SMILES string of the molecule is CC(=O)c1ccc(S(=O)(=O)N2CCN(C)CC2c2ccccc2)cc1. The van der Waals surface area contributed by atoms with Crippen molar-refractivity contribution in [2.75, 3.05) is 26.7 Å². The third kappa shape index (κ3) is 3.66. The first-order chi connectivity index (χ1) is 11.9. The molecule has 1 atom stereocenters. The van der Waals surface area contributed by atoms with Crippen molar-refractivity contribution in [3.8, 4) is 0 Å². The summed E-state index contributed by atoms with van der Waals surface area (Å²) in [7, 11) is -1.63. The molecule has 0 N–H and O–H groups in total. The average Bonchev–Trinajstić information content (AvgIpc) is 2.62. The molecule has 1 aliphatic rings. The molecule has 3 rings (SSSR count). The number of nitrogens with zero attached hydrogens (tertiary/aromatic N) is 2. The van der Waals surface area contributed by atoms with E-state index in [1.165, 1.54) is 19.1 Å². The van der Waals surface area contributed by atoms with Gasteiger partial charge in [-0.25, -0.2) is 8.42 Å². The Bertz CT molecular complexity index is 848. The van der Waals surface area contributed by atoms with Gasteiger partial charge in [0.1, 0.15) is 0 Å². The molecule has 1 unspecified atom stereocenters. The number of carbonyl (C=O) groups excluding carboxylic acids is 1. The summed E-state index contributed by atoms with van der Waals surface area (Å²) >= 11 is 0. The van der Waals surface area contributed by atoms with Gasteiger partial charge in [-0.2, -0.15) is 4.31 Å².